The average Bonchev–Trinajstić information content (AvgIpc) is 2.79. The van der Waals surface area contributed by atoms with E-state index in [0.717, 1.165) is 30.9 Å². The van der Waals surface area contributed by atoms with Crippen molar-refractivity contribution in [3.8, 4) is 5.75 Å². The maximum absolute atomic E-state index is 10.9. The fourth-order valence-electron chi connectivity index (χ4n) is 1.83. The van der Waals surface area contributed by atoms with Crippen LogP contribution < -0.4 is 10.1 Å². The molecule has 0 unspecified atom stereocenters. The van der Waals surface area contributed by atoms with E-state index in [1.54, 1.807) is 0 Å². The van der Waals surface area contributed by atoms with E-state index in [2.05, 4.69) is 5.32 Å². The van der Waals surface area contributed by atoms with E-state index in [9.17, 15) is 4.79 Å². The van der Waals surface area contributed by atoms with Gasteiger partial charge in [-0.25, -0.2) is 0 Å². The lowest BCUT2D eigenvalue weighted by atomic mass is 10.2. The second-order valence-corrected chi connectivity index (χ2v) is 4.16. The predicted molar refractivity (Wildman–Crippen MR) is 65.2 cm³/mol. The molecule has 0 aliphatic carbocycles. The van der Waals surface area contributed by atoms with Crippen LogP contribution in [0.5, 0.6) is 5.75 Å². The molecule has 1 heterocycles. The number of carbonyl (C=O) groups excluding carboxylic acids is 1. The van der Waals surface area contributed by atoms with Crippen LogP contribution in [0.4, 0.5) is 5.69 Å². The molecule has 0 bridgehead atoms. The quantitative estimate of drug-likeness (QED) is 0.870. The predicted octanol–water partition coefficient (Wildman–Crippen LogP) is 2.20. The molecule has 4 heteroatoms. The highest BCUT2D eigenvalue weighted by atomic mass is 16.5. The highest BCUT2D eigenvalue weighted by Gasteiger charge is 2.15. The second-order valence-electron chi connectivity index (χ2n) is 4.16. The molecule has 1 aliphatic heterocycles. The molecule has 0 saturated carbocycles. The summed E-state index contributed by atoms with van der Waals surface area (Å²) in [5, 5.41) is 2.72. The number of hydrogen-bond donors (Lipinski definition) is 1. The van der Waals surface area contributed by atoms with E-state index in [0.29, 0.717) is 6.61 Å². The minimum atomic E-state index is -0.0822. The van der Waals surface area contributed by atoms with Crippen LogP contribution in [0.15, 0.2) is 24.3 Å². The zero-order valence-electron chi connectivity index (χ0n) is 9.94. The highest BCUT2D eigenvalue weighted by Crippen LogP contribution is 2.19. The Hall–Kier alpha value is -1.55. The topological polar surface area (TPSA) is 47.6 Å². The lowest BCUT2D eigenvalue weighted by Crippen LogP contribution is -2.16. The van der Waals surface area contributed by atoms with Gasteiger partial charge < -0.3 is 14.8 Å². The van der Waals surface area contributed by atoms with Crippen molar-refractivity contribution < 1.29 is 14.3 Å². The highest BCUT2D eigenvalue weighted by molar-refractivity contribution is 5.88. The third-order valence-electron chi connectivity index (χ3n) is 2.61. The molecular weight excluding hydrogens is 218 g/mol. The van der Waals surface area contributed by atoms with Crippen LogP contribution in [0, 0.1) is 0 Å². The van der Waals surface area contributed by atoms with Gasteiger partial charge in [0.2, 0.25) is 5.91 Å². The number of benzene rings is 1. The van der Waals surface area contributed by atoms with Gasteiger partial charge in [0.05, 0.1) is 6.10 Å². The Balaban J connectivity index is 1.88. The molecule has 4 nitrogen and oxygen atoms in total. The van der Waals surface area contributed by atoms with Crippen molar-refractivity contribution in [3.05, 3.63) is 24.3 Å². The van der Waals surface area contributed by atoms with E-state index >= 15 is 0 Å². The number of amides is 1. The summed E-state index contributed by atoms with van der Waals surface area (Å²) in [5.41, 5.74) is 0.752. The van der Waals surface area contributed by atoms with Gasteiger partial charge in [-0.15, -0.1) is 0 Å². The van der Waals surface area contributed by atoms with Crippen molar-refractivity contribution >= 4 is 11.6 Å². The second kappa shape index (κ2) is 5.68. The Morgan fingerprint density at radius 2 is 2.47 bits per heavy atom. The van der Waals surface area contributed by atoms with Crippen molar-refractivity contribution in [2.24, 2.45) is 0 Å². The smallest absolute Gasteiger partial charge is 0.221 e. The zero-order chi connectivity index (χ0) is 12.1. The molecule has 1 fully saturated rings. The van der Waals surface area contributed by atoms with Gasteiger partial charge in [-0.2, -0.15) is 0 Å². The number of ether oxygens (including phenoxy) is 2. The summed E-state index contributed by atoms with van der Waals surface area (Å²) < 4.78 is 11.1. The van der Waals surface area contributed by atoms with Gasteiger partial charge in [-0.3, -0.25) is 4.79 Å². The van der Waals surface area contributed by atoms with Crippen LogP contribution in [0.25, 0.3) is 0 Å². The largest absolute Gasteiger partial charge is 0.491 e. The van der Waals surface area contributed by atoms with Gasteiger partial charge in [0.15, 0.2) is 0 Å². The molecule has 1 aromatic rings. The molecule has 0 spiro atoms. The van der Waals surface area contributed by atoms with Crippen molar-refractivity contribution in [3.63, 3.8) is 0 Å². The van der Waals surface area contributed by atoms with Crippen LogP contribution in [-0.4, -0.2) is 25.2 Å². The third kappa shape index (κ3) is 3.75. The van der Waals surface area contributed by atoms with Crippen LogP contribution in [0.3, 0.4) is 0 Å². The molecule has 1 atom stereocenters. The summed E-state index contributed by atoms with van der Waals surface area (Å²) in [4.78, 5) is 10.9. The molecule has 1 N–H and O–H groups in total. The Morgan fingerprint density at radius 1 is 1.59 bits per heavy atom. The first-order valence-electron chi connectivity index (χ1n) is 5.86. The summed E-state index contributed by atoms with van der Waals surface area (Å²) in [6, 6.07) is 7.38. The van der Waals surface area contributed by atoms with Crippen molar-refractivity contribution in [1.29, 1.82) is 0 Å². The maximum Gasteiger partial charge on any atom is 0.221 e. The molecule has 1 aromatic carbocycles. The number of carbonyl (C=O) groups is 1. The number of nitrogens with one attached hydrogen (secondary N) is 1. The Kier molecular flexibility index (Phi) is 3.98. The molecule has 17 heavy (non-hydrogen) atoms. The van der Waals surface area contributed by atoms with Gasteiger partial charge in [0.25, 0.3) is 0 Å². The minimum absolute atomic E-state index is 0.0822. The van der Waals surface area contributed by atoms with Crippen molar-refractivity contribution in [2.75, 3.05) is 18.5 Å². The first kappa shape index (κ1) is 11.9. The summed E-state index contributed by atoms with van der Waals surface area (Å²) >= 11 is 0. The van der Waals surface area contributed by atoms with Gasteiger partial charge >= 0.3 is 0 Å². The molecule has 0 radical (unpaired) electrons. The molecule has 1 amide bonds. The summed E-state index contributed by atoms with van der Waals surface area (Å²) in [5.74, 6) is 0.674. The molecule has 2 rings (SSSR count). The maximum atomic E-state index is 10.9. The van der Waals surface area contributed by atoms with Gasteiger partial charge in [-0.05, 0) is 25.0 Å². The monoisotopic (exact) mass is 235 g/mol. The Labute approximate surface area is 101 Å². The summed E-state index contributed by atoms with van der Waals surface area (Å²) in [6.45, 7) is 2.89. The number of rotatable bonds is 4. The standard InChI is InChI=1S/C13H17NO3/c1-10(15)14-11-4-2-5-12(8-11)17-9-13-6-3-7-16-13/h2,4-5,8,13H,3,6-7,9H2,1H3,(H,14,15)/t13-/m0/s1. The molecule has 0 aromatic heterocycles. The third-order valence-corrected chi connectivity index (χ3v) is 2.61. The molecule has 1 saturated heterocycles. The van der Waals surface area contributed by atoms with Gasteiger partial charge in [0.1, 0.15) is 12.4 Å². The lowest BCUT2D eigenvalue weighted by Gasteiger charge is -2.12. The summed E-state index contributed by atoms with van der Waals surface area (Å²) in [7, 11) is 0. The van der Waals surface area contributed by atoms with E-state index < -0.39 is 0 Å². The van der Waals surface area contributed by atoms with Crippen LogP contribution in [-0.2, 0) is 9.53 Å². The molecular formula is C13H17NO3. The Morgan fingerprint density at radius 3 is 3.18 bits per heavy atom. The first-order chi connectivity index (χ1) is 8.24. The number of anilines is 1. The first-order valence-corrected chi connectivity index (χ1v) is 5.86. The van der Waals surface area contributed by atoms with Crippen molar-refractivity contribution in [2.45, 2.75) is 25.9 Å². The van der Waals surface area contributed by atoms with Crippen LogP contribution in [0.1, 0.15) is 19.8 Å². The van der Waals surface area contributed by atoms with Gasteiger partial charge in [-0.1, -0.05) is 6.07 Å². The average molecular weight is 235 g/mol. The van der Waals surface area contributed by atoms with E-state index in [4.69, 9.17) is 9.47 Å². The van der Waals surface area contributed by atoms with E-state index in [1.165, 1.54) is 6.92 Å². The molecule has 1 aliphatic rings. The fourth-order valence-corrected chi connectivity index (χ4v) is 1.83. The Bertz CT molecular complexity index is 386. The normalized spacial score (nSPS) is 19.0. The van der Waals surface area contributed by atoms with E-state index in [1.807, 2.05) is 24.3 Å². The van der Waals surface area contributed by atoms with Crippen LogP contribution in [0.2, 0.25) is 0 Å². The fraction of sp³-hybridized carbons (Fsp3) is 0.462. The van der Waals surface area contributed by atoms with Gasteiger partial charge in [0, 0.05) is 25.3 Å². The molecule has 92 valence electrons. The number of hydrogen-bond acceptors (Lipinski definition) is 3. The minimum Gasteiger partial charge on any atom is -0.491 e. The summed E-state index contributed by atoms with van der Waals surface area (Å²) in [6.07, 6.45) is 2.38. The lowest BCUT2D eigenvalue weighted by molar-refractivity contribution is -0.114. The van der Waals surface area contributed by atoms with Crippen molar-refractivity contribution in [1.82, 2.24) is 0 Å². The van der Waals surface area contributed by atoms with Crippen LogP contribution >= 0.6 is 0 Å². The van der Waals surface area contributed by atoms with E-state index in [-0.39, 0.29) is 12.0 Å². The zero-order valence-corrected chi connectivity index (χ0v) is 9.94. The SMILES string of the molecule is CC(=O)Nc1cccc(OC[C@@H]2CCCO2)c1.